The van der Waals surface area contributed by atoms with Crippen molar-refractivity contribution in [1.82, 2.24) is 10.5 Å². The first kappa shape index (κ1) is 18.7. The van der Waals surface area contributed by atoms with E-state index in [-0.39, 0.29) is 24.5 Å². The molecule has 0 bridgehead atoms. The normalized spacial score (nSPS) is 11.2. The maximum Gasteiger partial charge on any atom is 0.258 e. The summed E-state index contributed by atoms with van der Waals surface area (Å²) in [4.78, 5) is 12.0. The smallest absolute Gasteiger partial charge is 0.258 e. The van der Waals surface area contributed by atoms with Gasteiger partial charge in [0.1, 0.15) is 11.4 Å². The van der Waals surface area contributed by atoms with Gasteiger partial charge in [0.2, 0.25) is 0 Å². The van der Waals surface area contributed by atoms with Crippen LogP contribution in [-0.4, -0.2) is 17.7 Å². The minimum absolute atomic E-state index is 0.0471. The highest BCUT2D eigenvalue weighted by molar-refractivity contribution is 5.77. The number of benzene rings is 2. The largest absolute Gasteiger partial charge is 0.484 e. The van der Waals surface area contributed by atoms with Gasteiger partial charge in [-0.05, 0) is 23.1 Å². The molecule has 0 spiro atoms. The lowest BCUT2D eigenvalue weighted by Crippen LogP contribution is -2.28. The van der Waals surface area contributed by atoms with E-state index in [1.54, 1.807) is 0 Å². The summed E-state index contributed by atoms with van der Waals surface area (Å²) in [5.41, 5.74) is 3.03. The van der Waals surface area contributed by atoms with Gasteiger partial charge in [-0.15, -0.1) is 0 Å². The Bertz CT molecular complexity index is 878. The standard InChI is InChI=1S/C22H24N2O3/c1-22(2,3)17-9-11-18(12-10-17)26-15-21(25)23-14-19-13-20(24-27-19)16-7-5-4-6-8-16/h4-13H,14-15H2,1-3H3,(H,23,25). The highest BCUT2D eigenvalue weighted by Gasteiger charge is 2.13. The molecule has 1 heterocycles. The van der Waals surface area contributed by atoms with Gasteiger partial charge < -0.3 is 14.6 Å². The average Bonchev–Trinajstić information content (AvgIpc) is 3.14. The van der Waals surface area contributed by atoms with Crippen molar-refractivity contribution in [2.75, 3.05) is 6.61 Å². The van der Waals surface area contributed by atoms with E-state index in [1.807, 2.05) is 60.7 Å². The Morgan fingerprint density at radius 2 is 1.78 bits per heavy atom. The number of nitrogens with zero attached hydrogens (tertiary/aromatic N) is 1. The van der Waals surface area contributed by atoms with Gasteiger partial charge in [-0.1, -0.05) is 68.4 Å². The molecule has 27 heavy (non-hydrogen) atoms. The van der Waals surface area contributed by atoms with Crippen molar-refractivity contribution in [3.05, 3.63) is 72.0 Å². The van der Waals surface area contributed by atoms with Crippen molar-refractivity contribution in [3.8, 4) is 17.0 Å². The van der Waals surface area contributed by atoms with Crippen molar-refractivity contribution >= 4 is 5.91 Å². The summed E-state index contributed by atoms with van der Waals surface area (Å²) in [6, 6.07) is 19.4. The minimum atomic E-state index is -0.215. The second-order valence-corrected chi connectivity index (χ2v) is 7.38. The molecule has 2 aromatic carbocycles. The Labute approximate surface area is 159 Å². The maximum absolute atomic E-state index is 12.0. The highest BCUT2D eigenvalue weighted by Crippen LogP contribution is 2.24. The third-order valence-electron chi connectivity index (χ3n) is 4.18. The molecular formula is C22H24N2O3. The molecular weight excluding hydrogens is 340 g/mol. The number of aromatic nitrogens is 1. The van der Waals surface area contributed by atoms with Crippen LogP contribution in [0.5, 0.6) is 5.75 Å². The first-order valence-electron chi connectivity index (χ1n) is 8.93. The predicted molar refractivity (Wildman–Crippen MR) is 104 cm³/mol. The van der Waals surface area contributed by atoms with E-state index in [4.69, 9.17) is 9.26 Å². The van der Waals surface area contributed by atoms with Crippen molar-refractivity contribution in [2.45, 2.75) is 32.7 Å². The number of hydrogen-bond acceptors (Lipinski definition) is 4. The van der Waals surface area contributed by atoms with Crippen LogP contribution in [0, 0.1) is 0 Å². The Morgan fingerprint density at radius 3 is 2.44 bits per heavy atom. The fraction of sp³-hybridized carbons (Fsp3) is 0.273. The van der Waals surface area contributed by atoms with Gasteiger partial charge in [-0.3, -0.25) is 4.79 Å². The summed E-state index contributed by atoms with van der Waals surface area (Å²) in [6.45, 7) is 6.69. The Morgan fingerprint density at radius 1 is 1.07 bits per heavy atom. The van der Waals surface area contributed by atoms with Gasteiger partial charge in [0.05, 0.1) is 6.54 Å². The van der Waals surface area contributed by atoms with Gasteiger partial charge >= 0.3 is 0 Å². The molecule has 5 nitrogen and oxygen atoms in total. The quantitative estimate of drug-likeness (QED) is 0.707. The van der Waals surface area contributed by atoms with Crippen LogP contribution in [0.15, 0.2) is 65.2 Å². The number of ether oxygens (including phenoxy) is 1. The van der Waals surface area contributed by atoms with Crippen molar-refractivity contribution in [2.24, 2.45) is 0 Å². The Kier molecular flexibility index (Phi) is 5.60. The molecule has 1 aromatic heterocycles. The SMILES string of the molecule is CC(C)(C)c1ccc(OCC(=O)NCc2cc(-c3ccccc3)no2)cc1. The van der Waals surface area contributed by atoms with E-state index in [1.165, 1.54) is 5.56 Å². The second-order valence-electron chi connectivity index (χ2n) is 7.38. The van der Waals surface area contributed by atoms with Crippen LogP contribution in [0.4, 0.5) is 0 Å². The molecule has 5 heteroatoms. The number of carbonyl (C=O) groups is 1. The van der Waals surface area contributed by atoms with Crippen LogP contribution in [0.2, 0.25) is 0 Å². The van der Waals surface area contributed by atoms with Crippen molar-refractivity contribution in [1.29, 1.82) is 0 Å². The molecule has 3 rings (SSSR count). The van der Waals surface area contributed by atoms with E-state index in [2.05, 4.69) is 31.2 Å². The molecule has 0 saturated carbocycles. The topological polar surface area (TPSA) is 64.4 Å². The van der Waals surface area contributed by atoms with Gasteiger partial charge in [-0.25, -0.2) is 0 Å². The van der Waals surface area contributed by atoms with Crippen LogP contribution in [-0.2, 0) is 16.8 Å². The molecule has 1 N–H and O–H groups in total. The average molecular weight is 364 g/mol. The number of rotatable bonds is 6. The zero-order valence-electron chi connectivity index (χ0n) is 15.9. The highest BCUT2D eigenvalue weighted by atomic mass is 16.5. The lowest BCUT2D eigenvalue weighted by Gasteiger charge is -2.19. The second kappa shape index (κ2) is 8.08. The summed E-state index contributed by atoms with van der Waals surface area (Å²) in [6.07, 6.45) is 0. The van der Waals surface area contributed by atoms with Crippen molar-refractivity contribution in [3.63, 3.8) is 0 Å². The minimum Gasteiger partial charge on any atom is -0.484 e. The maximum atomic E-state index is 12.0. The molecule has 0 aliphatic carbocycles. The van der Waals surface area contributed by atoms with Gasteiger partial charge in [0.15, 0.2) is 12.4 Å². The zero-order valence-corrected chi connectivity index (χ0v) is 15.9. The zero-order chi connectivity index (χ0) is 19.3. The molecule has 140 valence electrons. The van der Waals surface area contributed by atoms with Gasteiger partial charge in [0.25, 0.3) is 5.91 Å². The summed E-state index contributed by atoms with van der Waals surface area (Å²) in [7, 11) is 0. The van der Waals surface area contributed by atoms with Crippen molar-refractivity contribution < 1.29 is 14.1 Å². The lowest BCUT2D eigenvalue weighted by molar-refractivity contribution is -0.123. The van der Waals surface area contributed by atoms with E-state index in [9.17, 15) is 4.79 Å². The molecule has 0 unspecified atom stereocenters. The van der Waals surface area contributed by atoms with Crippen LogP contribution in [0.25, 0.3) is 11.3 Å². The molecule has 3 aromatic rings. The van der Waals surface area contributed by atoms with Crippen LogP contribution >= 0.6 is 0 Å². The molecule has 1 amide bonds. The first-order valence-corrected chi connectivity index (χ1v) is 8.93. The molecule has 0 saturated heterocycles. The summed E-state index contributed by atoms with van der Waals surface area (Å²) < 4.78 is 10.8. The Balaban J connectivity index is 1.47. The first-order chi connectivity index (χ1) is 12.9. The third-order valence-corrected chi connectivity index (χ3v) is 4.18. The summed E-state index contributed by atoms with van der Waals surface area (Å²) >= 11 is 0. The molecule has 0 atom stereocenters. The number of amides is 1. The summed E-state index contributed by atoms with van der Waals surface area (Å²) in [5.74, 6) is 1.05. The molecule has 0 aliphatic rings. The van der Waals surface area contributed by atoms with E-state index in [0.29, 0.717) is 11.5 Å². The van der Waals surface area contributed by atoms with Gasteiger partial charge in [-0.2, -0.15) is 0 Å². The van der Waals surface area contributed by atoms with Crippen LogP contribution < -0.4 is 10.1 Å². The third kappa shape index (κ3) is 5.20. The van der Waals surface area contributed by atoms with E-state index < -0.39 is 0 Å². The summed E-state index contributed by atoms with van der Waals surface area (Å²) in [5, 5.41) is 6.80. The number of carbonyl (C=O) groups excluding carboxylic acids is 1. The monoisotopic (exact) mass is 364 g/mol. The van der Waals surface area contributed by atoms with Crippen LogP contribution in [0.1, 0.15) is 32.1 Å². The fourth-order valence-electron chi connectivity index (χ4n) is 2.58. The van der Waals surface area contributed by atoms with E-state index >= 15 is 0 Å². The van der Waals surface area contributed by atoms with E-state index in [0.717, 1.165) is 11.3 Å². The fourth-order valence-corrected chi connectivity index (χ4v) is 2.58. The predicted octanol–water partition coefficient (Wildman–Crippen LogP) is 4.33. The molecule has 0 radical (unpaired) electrons. The lowest BCUT2D eigenvalue weighted by atomic mass is 9.87. The van der Waals surface area contributed by atoms with Crippen LogP contribution in [0.3, 0.4) is 0 Å². The van der Waals surface area contributed by atoms with Gasteiger partial charge in [0, 0.05) is 11.6 Å². The number of nitrogens with one attached hydrogen (secondary N) is 1. The molecule has 0 fully saturated rings. The number of hydrogen-bond donors (Lipinski definition) is 1. The Hall–Kier alpha value is -3.08. The molecule has 0 aliphatic heterocycles.